The summed E-state index contributed by atoms with van der Waals surface area (Å²) in [5, 5.41) is 3.58. The maximum Gasteiger partial charge on any atom is 0.0341 e. The fourth-order valence-corrected chi connectivity index (χ4v) is 4.80. The number of nitrogens with one attached hydrogen (secondary N) is 1. The van der Waals surface area contributed by atoms with Crippen LogP contribution in [0.4, 0.5) is 0 Å². The van der Waals surface area contributed by atoms with Gasteiger partial charge in [0.2, 0.25) is 0 Å². The Labute approximate surface area is 163 Å². The minimum atomic E-state index is -0.0284. The van der Waals surface area contributed by atoms with Crippen molar-refractivity contribution in [1.82, 2.24) is 5.32 Å². The highest BCUT2D eigenvalue weighted by Gasteiger charge is 2.35. The molecule has 1 fully saturated rings. The standard InChI is InChI=1S/C25H30N2/c1-4-25(26)14-8-7-9-20(25)16-27-18(3)19-12-13-23-22-11-6-5-10-21(22)17(2)24(23)15-19/h5-6,10-13,15,20,27H,2-4,7-9,14,16,26H2,1H3. The lowest BCUT2D eigenvalue weighted by atomic mass is 9.72. The Balaban J connectivity index is 1.50. The van der Waals surface area contributed by atoms with Crippen molar-refractivity contribution >= 4 is 11.3 Å². The molecule has 0 aromatic heterocycles. The first-order valence-corrected chi connectivity index (χ1v) is 10.2. The molecule has 2 aliphatic carbocycles. The molecule has 0 aliphatic heterocycles. The van der Waals surface area contributed by atoms with Crippen molar-refractivity contribution in [2.75, 3.05) is 6.54 Å². The number of hydrogen-bond acceptors (Lipinski definition) is 2. The zero-order chi connectivity index (χ0) is 19.0. The summed E-state index contributed by atoms with van der Waals surface area (Å²) in [6, 6.07) is 15.1. The number of fused-ring (bicyclic) bond motifs is 3. The van der Waals surface area contributed by atoms with Gasteiger partial charge in [0.25, 0.3) is 0 Å². The van der Waals surface area contributed by atoms with E-state index in [1.54, 1.807) is 0 Å². The van der Waals surface area contributed by atoms with E-state index in [4.69, 9.17) is 5.73 Å². The summed E-state index contributed by atoms with van der Waals surface area (Å²) < 4.78 is 0. The van der Waals surface area contributed by atoms with E-state index in [2.05, 4.69) is 67.9 Å². The van der Waals surface area contributed by atoms with Crippen LogP contribution in [0, 0.1) is 5.92 Å². The second-order valence-electron chi connectivity index (χ2n) is 8.17. The molecule has 2 heteroatoms. The summed E-state index contributed by atoms with van der Waals surface area (Å²) in [4.78, 5) is 0. The normalized spacial score (nSPS) is 23.6. The smallest absolute Gasteiger partial charge is 0.0341 e. The number of rotatable bonds is 5. The molecule has 2 aliphatic rings. The Kier molecular flexibility index (Phi) is 4.69. The zero-order valence-electron chi connectivity index (χ0n) is 16.4. The molecule has 2 nitrogen and oxygen atoms in total. The van der Waals surface area contributed by atoms with Crippen LogP contribution in [0.5, 0.6) is 0 Å². The third-order valence-corrected chi connectivity index (χ3v) is 6.71. The van der Waals surface area contributed by atoms with E-state index in [9.17, 15) is 0 Å². The van der Waals surface area contributed by atoms with Crippen LogP contribution in [0.2, 0.25) is 0 Å². The van der Waals surface area contributed by atoms with Crippen LogP contribution in [0.1, 0.15) is 55.7 Å². The van der Waals surface area contributed by atoms with E-state index in [0.29, 0.717) is 5.92 Å². The van der Waals surface area contributed by atoms with Gasteiger partial charge in [-0.05, 0) is 64.6 Å². The van der Waals surface area contributed by atoms with Gasteiger partial charge in [0.1, 0.15) is 0 Å². The summed E-state index contributed by atoms with van der Waals surface area (Å²) in [6.07, 6.45) is 5.94. The van der Waals surface area contributed by atoms with Crippen LogP contribution in [0.3, 0.4) is 0 Å². The lowest BCUT2D eigenvalue weighted by Crippen LogP contribution is -2.51. The molecule has 2 atom stereocenters. The van der Waals surface area contributed by atoms with E-state index in [0.717, 1.165) is 36.2 Å². The van der Waals surface area contributed by atoms with Crippen molar-refractivity contribution in [3.63, 3.8) is 0 Å². The monoisotopic (exact) mass is 358 g/mol. The molecule has 4 rings (SSSR count). The molecule has 27 heavy (non-hydrogen) atoms. The van der Waals surface area contributed by atoms with Crippen LogP contribution in [0.15, 0.2) is 55.6 Å². The summed E-state index contributed by atoms with van der Waals surface area (Å²) in [7, 11) is 0. The Morgan fingerprint density at radius 3 is 2.63 bits per heavy atom. The SMILES string of the molecule is C=C(NCC1CCCCC1(N)CC)c1ccc2c(c1)C(=C)c1ccccc1-2. The van der Waals surface area contributed by atoms with Crippen LogP contribution in [0.25, 0.3) is 22.4 Å². The first-order chi connectivity index (χ1) is 13.0. The Morgan fingerprint density at radius 1 is 1.11 bits per heavy atom. The largest absolute Gasteiger partial charge is 0.385 e. The number of hydrogen-bond donors (Lipinski definition) is 2. The summed E-state index contributed by atoms with van der Waals surface area (Å²) in [5.74, 6) is 0.515. The second kappa shape index (κ2) is 7.01. The van der Waals surface area contributed by atoms with Gasteiger partial charge >= 0.3 is 0 Å². The molecule has 1 saturated carbocycles. The molecule has 0 spiro atoms. The molecule has 2 aromatic rings. The predicted octanol–water partition coefficient (Wildman–Crippen LogP) is 5.59. The van der Waals surface area contributed by atoms with Gasteiger partial charge in [-0.25, -0.2) is 0 Å². The summed E-state index contributed by atoms with van der Waals surface area (Å²) in [6.45, 7) is 11.7. The van der Waals surface area contributed by atoms with Gasteiger partial charge in [0, 0.05) is 17.8 Å². The first kappa shape index (κ1) is 18.1. The molecule has 2 aromatic carbocycles. The third kappa shape index (κ3) is 3.12. The van der Waals surface area contributed by atoms with Crippen LogP contribution in [-0.4, -0.2) is 12.1 Å². The fraction of sp³-hybridized carbons (Fsp3) is 0.360. The molecule has 0 heterocycles. The molecule has 0 amide bonds. The van der Waals surface area contributed by atoms with Gasteiger partial charge in [0.05, 0.1) is 0 Å². The van der Waals surface area contributed by atoms with Crippen LogP contribution >= 0.6 is 0 Å². The van der Waals surface area contributed by atoms with Gasteiger partial charge in [-0.2, -0.15) is 0 Å². The first-order valence-electron chi connectivity index (χ1n) is 10.2. The molecule has 0 saturated heterocycles. The van der Waals surface area contributed by atoms with Crippen LogP contribution < -0.4 is 11.1 Å². The Bertz CT molecular complexity index is 895. The average molecular weight is 359 g/mol. The molecule has 140 valence electrons. The topological polar surface area (TPSA) is 38.0 Å². The predicted molar refractivity (Wildman–Crippen MR) is 116 cm³/mol. The van der Waals surface area contributed by atoms with Crippen LogP contribution in [-0.2, 0) is 0 Å². The fourth-order valence-electron chi connectivity index (χ4n) is 4.80. The van der Waals surface area contributed by atoms with Crippen molar-refractivity contribution in [3.05, 3.63) is 72.3 Å². The van der Waals surface area contributed by atoms with Crippen molar-refractivity contribution < 1.29 is 0 Å². The van der Waals surface area contributed by atoms with E-state index in [1.807, 2.05) is 0 Å². The Morgan fingerprint density at radius 2 is 1.85 bits per heavy atom. The van der Waals surface area contributed by atoms with Gasteiger partial charge in [0.15, 0.2) is 0 Å². The molecule has 3 N–H and O–H groups in total. The lowest BCUT2D eigenvalue weighted by molar-refractivity contribution is 0.183. The highest BCUT2D eigenvalue weighted by atomic mass is 14.9. The van der Waals surface area contributed by atoms with Gasteiger partial charge in [-0.15, -0.1) is 0 Å². The number of nitrogens with two attached hydrogens (primary N) is 1. The summed E-state index contributed by atoms with van der Waals surface area (Å²) in [5.41, 5.74) is 14.9. The van der Waals surface area contributed by atoms with Gasteiger partial charge in [-0.3, -0.25) is 0 Å². The van der Waals surface area contributed by atoms with Crippen molar-refractivity contribution in [2.24, 2.45) is 11.7 Å². The van der Waals surface area contributed by atoms with Crippen molar-refractivity contribution in [1.29, 1.82) is 0 Å². The van der Waals surface area contributed by atoms with Gasteiger partial charge < -0.3 is 11.1 Å². The van der Waals surface area contributed by atoms with Gasteiger partial charge in [-0.1, -0.05) is 69.3 Å². The van der Waals surface area contributed by atoms with Crippen molar-refractivity contribution in [2.45, 2.75) is 44.6 Å². The third-order valence-electron chi connectivity index (χ3n) is 6.71. The molecular weight excluding hydrogens is 328 g/mol. The Hall–Kier alpha value is -2.32. The summed E-state index contributed by atoms with van der Waals surface area (Å²) >= 11 is 0. The minimum absolute atomic E-state index is 0.0284. The van der Waals surface area contributed by atoms with E-state index < -0.39 is 0 Å². The molecule has 0 bridgehead atoms. The zero-order valence-corrected chi connectivity index (χ0v) is 16.4. The quantitative estimate of drug-likeness (QED) is 0.624. The van der Waals surface area contributed by atoms with Crippen molar-refractivity contribution in [3.8, 4) is 11.1 Å². The minimum Gasteiger partial charge on any atom is -0.385 e. The maximum atomic E-state index is 6.69. The average Bonchev–Trinajstić information content (AvgIpc) is 2.99. The van der Waals surface area contributed by atoms with E-state index in [-0.39, 0.29) is 5.54 Å². The second-order valence-corrected chi connectivity index (χ2v) is 8.17. The highest BCUT2D eigenvalue weighted by molar-refractivity contribution is 6.01. The molecular formula is C25H30N2. The van der Waals surface area contributed by atoms with E-state index >= 15 is 0 Å². The maximum absolute atomic E-state index is 6.69. The lowest BCUT2D eigenvalue weighted by Gasteiger charge is -2.41. The van der Waals surface area contributed by atoms with E-state index in [1.165, 1.54) is 41.5 Å². The highest BCUT2D eigenvalue weighted by Crippen LogP contribution is 2.43. The molecule has 0 radical (unpaired) electrons. The molecule has 2 unspecified atom stereocenters. The number of benzene rings is 2.